The lowest BCUT2D eigenvalue weighted by Crippen LogP contribution is -2.39. The Labute approximate surface area is 122 Å². The largest absolute Gasteiger partial charge is 0.313 e. The molecule has 5 nitrogen and oxygen atoms in total. The van der Waals surface area contributed by atoms with E-state index in [1.807, 2.05) is 45.0 Å². The van der Waals surface area contributed by atoms with Crippen molar-refractivity contribution < 1.29 is 8.42 Å². The molecule has 0 aliphatic heterocycles. The molecule has 2 N–H and O–H groups in total. The van der Waals surface area contributed by atoms with Crippen LogP contribution < -0.4 is 10.0 Å². The number of benzene rings is 1. The average Bonchev–Trinajstić information content (AvgIpc) is 2.34. The quantitative estimate of drug-likeness (QED) is 0.752. The van der Waals surface area contributed by atoms with E-state index < -0.39 is 10.0 Å². The molecule has 1 rings (SSSR count). The molecule has 0 amide bonds. The molecular weight excluding hydrogens is 274 g/mol. The smallest absolute Gasteiger partial charge is 0.241 e. The van der Waals surface area contributed by atoms with Gasteiger partial charge in [0.15, 0.2) is 0 Å². The molecule has 6 heteroatoms. The summed E-state index contributed by atoms with van der Waals surface area (Å²) in [7, 11) is 0.358. The van der Waals surface area contributed by atoms with Gasteiger partial charge in [0.2, 0.25) is 10.0 Å². The van der Waals surface area contributed by atoms with Gasteiger partial charge < -0.3 is 10.2 Å². The number of hydrogen-bond acceptors (Lipinski definition) is 4. The molecule has 20 heavy (non-hydrogen) atoms. The van der Waals surface area contributed by atoms with E-state index in [1.54, 1.807) is 12.1 Å². The lowest BCUT2D eigenvalue weighted by Gasteiger charge is -2.19. The zero-order valence-electron chi connectivity index (χ0n) is 12.7. The lowest BCUT2D eigenvalue weighted by molar-refractivity contribution is 0.370. The second-order valence-electron chi connectivity index (χ2n) is 5.17. The Bertz CT molecular complexity index is 515. The van der Waals surface area contributed by atoms with Crippen molar-refractivity contribution >= 4 is 10.0 Å². The van der Waals surface area contributed by atoms with Gasteiger partial charge in [0.1, 0.15) is 0 Å². The van der Waals surface area contributed by atoms with E-state index in [9.17, 15) is 8.42 Å². The number of likely N-dealkylation sites (N-methyl/N-ethyl adjacent to an activating group) is 1. The predicted octanol–water partition coefficient (Wildman–Crippen LogP) is 1.02. The monoisotopic (exact) mass is 299 g/mol. The van der Waals surface area contributed by atoms with Crippen LogP contribution in [0.2, 0.25) is 0 Å². The lowest BCUT2D eigenvalue weighted by atomic mass is 10.2. The van der Waals surface area contributed by atoms with Gasteiger partial charge >= 0.3 is 0 Å². The minimum Gasteiger partial charge on any atom is -0.313 e. The Morgan fingerprint density at radius 2 is 1.90 bits per heavy atom. The van der Waals surface area contributed by atoms with Crippen molar-refractivity contribution in [1.82, 2.24) is 14.9 Å². The fourth-order valence-corrected chi connectivity index (χ4v) is 3.56. The van der Waals surface area contributed by atoms with E-state index in [2.05, 4.69) is 10.0 Å². The Morgan fingerprint density at radius 1 is 1.25 bits per heavy atom. The van der Waals surface area contributed by atoms with Crippen LogP contribution in [0, 0.1) is 0 Å². The molecule has 0 bridgehead atoms. The van der Waals surface area contributed by atoms with Crippen LogP contribution in [0.15, 0.2) is 29.2 Å². The van der Waals surface area contributed by atoms with Gasteiger partial charge in [0, 0.05) is 19.1 Å². The van der Waals surface area contributed by atoms with Crippen molar-refractivity contribution in [2.75, 3.05) is 27.2 Å². The molecule has 114 valence electrons. The Hall–Kier alpha value is -0.950. The van der Waals surface area contributed by atoms with Crippen LogP contribution in [-0.4, -0.2) is 46.5 Å². The normalized spacial score (nSPS) is 13.7. The highest BCUT2D eigenvalue weighted by Crippen LogP contribution is 2.15. The third-order valence-corrected chi connectivity index (χ3v) is 4.51. The average molecular weight is 299 g/mol. The third kappa shape index (κ3) is 5.20. The standard InChI is InChI=1S/C14H25N3O2S/c1-5-15-10-13-8-6-7-9-14(13)20(18,19)16-12(2)11-17(3)4/h6-9,12,15-16H,5,10-11H2,1-4H3. The molecule has 1 unspecified atom stereocenters. The van der Waals surface area contributed by atoms with E-state index in [0.29, 0.717) is 18.0 Å². The number of hydrogen-bond donors (Lipinski definition) is 2. The van der Waals surface area contributed by atoms with Gasteiger partial charge in [-0.15, -0.1) is 0 Å². The fraction of sp³-hybridized carbons (Fsp3) is 0.571. The summed E-state index contributed by atoms with van der Waals surface area (Å²) in [5.74, 6) is 0. The molecule has 0 saturated heterocycles. The zero-order valence-corrected chi connectivity index (χ0v) is 13.5. The molecule has 0 spiro atoms. The second kappa shape index (κ2) is 7.73. The van der Waals surface area contributed by atoms with Crippen molar-refractivity contribution in [3.05, 3.63) is 29.8 Å². The summed E-state index contributed by atoms with van der Waals surface area (Å²) in [6.45, 7) is 5.88. The minimum absolute atomic E-state index is 0.137. The number of sulfonamides is 1. The minimum atomic E-state index is -3.48. The summed E-state index contributed by atoms with van der Waals surface area (Å²) in [5, 5.41) is 3.16. The SMILES string of the molecule is CCNCc1ccccc1S(=O)(=O)NC(C)CN(C)C. The molecule has 1 aromatic carbocycles. The van der Waals surface area contributed by atoms with Gasteiger partial charge in [-0.3, -0.25) is 0 Å². The van der Waals surface area contributed by atoms with E-state index in [1.165, 1.54) is 0 Å². The van der Waals surface area contributed by atoms with Gasteiger partial charge in [-0.1, -0.05) is 25.1 Å². The molecule has 0 aliphatic rings. The summed E-state index contributed by atoms with van der Waals surface area (Å²) in [6, 6.07) is 6.96. The fourth-order valence-electron chi connectivity index (χ4n) is 2.09. The molecule has 0 aliphatic carbocycles. The van der Waals surface area contributed by atoms with Crippen LogP contribution in [0.3, 0.4) is 0 Å². The summed E-state index contributed by atoms with van der Waals surface area (Å²) in [6.07, 6.45) is 0. The van der Waals surface area contributed by atoms with Gasteiger partial charge in [0.05, 0.1) is 4.90 Å². The van der Waals surface area contributed by atoms with Crippen LogP contribution in [0.5, 0.6) is 0 Å². The molecule has 1 atom stereocenters. The number of nitrogens with zero attached hydrogens (tertiary/aromatic N) is 1. The van der Waals surface area contributed by atoms with E-state index >= 15 is 0 Å². The number of nitrogens with one attached hydrogen (secondary N) is 2. The van der Waals surface area contributed by atoms with Crippen molar-refractivity contribution in [1.29, 1.82) is 0 Å². The highest BCUT2D eigenvalue weighted by molar-refractivity contribution is 7.89. The first-order valence-electron chi connectivity index (χ1n) is 6.82. The van der Waals surface area contributed by atoms with Crippen molar-refractivity contribution in [3.8, 4) is 0 Å². The first-order chi connectivity index (χ1) is 9.36. The molecule has 0 radical (unpaired) electrons. The third-order valence-electron chi connectivity index (χ3n) is 2.82. The van der Waals surface area contributed by atoms with E-state index in [0.717, 1.165) is 12.1 Å². The molecular formula is C14H25N3O2S. The van der Waals surface area contributed by atoms with Crippen molar-refractivity contribution in [2.24, 2.45) is 0 Å². The van der Waals surface area contributed by atoms with Crippen molar-refractivity contribution in [2.45, 2.75) is 31.3 Å². The van der Waals surface area contributed by atoms with Gasteiger partial charge in [-0.25, -0.2) is 13.1 Å². The topological polar surface area (TPSA) is 61.4 Å². The molecule has 1 aromatic rings. The first kappa shape index (κ1) is 17.1. The van der Waals surface area contributed by atoms with Crippen LogP contribution in [0.25, 0.3) is 0 Å². The van der Waals surface area contributed by atoms with Crippen LogP contribution >= 0.6 is 0 Å². The summed E-state index contributed by atoms with van der Waals surface area (Å²) in [4.78, 5) is 2.31. The second-order valence-corrected chi connectivity index (χ2v) is 6.86. The van der Waals surface area contributed by atoms with Gasteiger partial charge in [-0.2, -0.15) is 0 Å². The molecule has 0 saturated carbocycles. The van der Waals surface area contributed by atoms with Gasteiger partial charge in [-0.05, 0) is 39.2 Å². The van der Waals surface area contributed by atoms with E-state index in [4.69, 9.17) is 0 Å². The maximum absolute atomic E-state index is 12.5. The van der Waals surface area contributed by atoms with Crippen LogP contribution in [-0.2, 0) is 16.6 Å². The highest BCUT2D eigenvalue weighted by atomic mass is 32.2. The summed E-state index contributed by atoms with van der Waals surface area (Å²) in [5.41, 5.74) is 0.791. The Balaban J connectivity index is 2.91. The summed E-state index contributed by atoms with van der Waals surface area (Å²) < 4.78 is 27.6. The van der Waals surface area contributed by atoms with Crippen LogP contribution in [0.4, 0.5) is 0 Å². The molecule has 0 fully saturated rings. The predicted molar refractivity (Wildman–Crippen MR) is 82.2 cm³/mol. The first-order valence-corrected chi connectivity index (χ1v) is 8.30. The van der Waals surface area contributed by atoms with E-state index in [-0.39, 0.29) is 6.04 Å². The highest BCUT2D eigenvalue weighted by Gasteiger charge is 2.20. The van der Waals surface area contributed by atoms with Crippen LogP contribution in [0.1, 0.15) is 19.4 Å². The molecule has 0 heterocycles. The van der Waals surface area contributed by atoms with Gasteiger partial charge in [0.25, 0.3) is 0 Å². The zero-order chi connectivity index (χ0) is 15.2. The Morgan fingerprint density at radius 3 is 2.50 bits per heavy atom. The Kier molecular flexibility index (Phi) is 6.61. The number of rotatable bonds is 8. The van der Waals surface area contributed by atoms with Crippen molar-refractivity contribution in [3.63, 3.8) is 0 Å². The summed E-state index contributed by atoms with van der Waals surface area (Å²) >= 11 is 0. The molecule has 0 aromatic heterocycles. The maximum Gasteiger partial charge on any atom is 0.241 e. The maximum atomic E-state index is 12.5.